The molecule has 4 rings (SSSR count). The van der Waals surface area contributed by atoms with Gasteiger partial charge in [0.05, 0.1) is 5.69 Å². The predicted molar refractivity (Wildman–Crippen MR) is 92.2 cm³/mol. The fourth-order valence-electron chi connectivity index (χ4n) is 2.59. The lowest BCUT2D eigenvalue weighted by Gasteiger charge is -2.06. The molecule has 3 aromatic heterocycles. The van der Waals surface area contributed by atoms with E-state index in [0.717, 1.165) is 28.2 Å². The van der Waals surface area contributed by atoms with Gasteiger partial charge >= 0.3 is 6.01 Å². The zero-order chi connectivity index (χ0) is 17.4. The highest BCUT2D eigenvalue weighted by Gasteiger charge is 2.09. The summed E-state index contributed by atoms with van der Waals surface area (Å²) in [6, 6.07) is 10.2. The summed E-state index contributed by atoms with van der Waals surface area (Å²) < 4.78 is 21.0. The molecule has 0 aliphatic heterocycles. The number of fused-ring (bicyclic) bond motifs is 1. The Hall–Kier alpha value is -3.28. The molecule has 6 heteroatoms. The molecule has 0 aliphatic carbocycles. The minimum absolute atomic E-state index is 0.0983. The van der Waals surface area contributed by atoms with Crippen LogP contribution in [0.15, 0.2) is 55.0 Å². The van der Waals surface area contributed by atoms with Gasteiger partial charge in [0.2, 0.25) is 0 Å². The summed E-state index contributed by atoms with van der Waals surface area (Å²) >= 11 is 0. The molecule has 0 aliphatic rings. The third-order valence-corrected chi connectivity index (χ3v) is 4.09. The Morgan fingerprint density at radius 2 is 1.72 bits per heavy atom. The van der Waals surface area contributed by atoms with E-state index in [1.165, 1.54) is 12.1 Å². The van der Waals surface area contributed by atoms with Crippen LogP contribution in [0.3, 0.4) is 0 Å². The summed E-state index contributed by atoms with van der Waals surface area (Å²) in [5.41, 5.74) is 4.80. The molecular weight excluding hydrogens is 319 g/mol. The highest BCUT2D eigenvalue weighted by molar-refractivity contribution is 5.63. The van der Waals surface area contributed by atoms with Gasteiger partial charge in [-0.3, -0.25) is 0 Å². The number of rotatable bonds is 3. The van der Waals surface area contributed by atoms with E-state index in [1.54, 1.807) is 24.5 Å². The first-order valence-corrected chi connectivity index (χ1v) is 7.82. The van der Waals surface area contributed by atoms with Crippen LogP contribution in [-0.2, 0) is 0 Å². The van der Waals surface area contributed by atoms with Gasteiger partial charge < -0.3 is 9.14 Å². The van der Waals surface area contributed by atoms with E-state index in [-0.39, 0.29) is 11.8 Å². The topological polar surface area (TPSA) is 52.3 Å². The van der Waals surface area contributed by atoms with Gasteiger partial charge in [-0.05, 0) is 38.1 Å². The second-order valence-electron chi connectivity index (χ2n) is 5.72. The minimum Gasteiger partial charge on any atom is -0.421 e. The maximum atomic E-state index is 13.6. The van der Waals surface area contributed by atoms with Crippen molar-refractivity contribution in [2.24, 2.45) is 0 Å². The quantitative estimate of drug-likeness (QED) is 0.559. The summed E-state index contributed by atoms with van der Waals surface area (Å²) in [6.07, 6.45) is 5.31. The second kappa shape index (κ2) is 5.98. The molecule has 0 atom stereocenters. The average Bonchev–Trinajstić information content (AvgIpc) is 2.92. The van der Waals surface area contributed by atoms with Crippen LogP contribution in [0.2, 0.25) is 0 Å². The number of halogens is 1. The van der Waals surface area contributed by atoms with Crippen molar-refractivity contribution in [2.75, 3.05) is 0 Å². The summed E-state index contributed by atoms with van der Waals surface area (Å²) in [5, 5.41) is 0. The molecule has 4 aromatic rings. The summed E-state index contributed by atoms with van der Waals surface area (Å²) in [5.74, 6) is -0.354. The largest absolute Gasteiger partial charge is 0.421 e. The van der Waals surface area contributed by atoms with E-state index in [2.05, 4.69) is 15.0 Å². The highest BCUT2D eigenvalue weighted by Crippen LogP contribution is 2.24. The molecule has 5 nitrogen and oxygen atoms in total. The fraction of sp³-hybridized carbons (Fsp3) is 0.105. The monoisotopic (exact) mass is 334 g/mol. The van der Waals surface area contributed by atoms with Crippen LogP contribution in [-0.4, -0.2) is 19.4 Å². The van der Waals surface area contributed by atoms with Crippen molar-refractivity contribution >= 4 is 5.65 Å². The number of para-hydroxylation sites is 1. The third-order valence-electron chi connectivity index (χ3n) is 4.09. The number of nitrogens with zero attached hydrogens (tertiary/aromatic N) is 4. The zero-order valence-corrected chi connectivity index (χ0v) is 13.8. The van der Waals surface area contributed by atoms with E-state index >= 15 is 0 Å². The zero-order valence-electron chi connectivity index (χ0n) is 13.8. The number of benzene rings is 1. The Labute approximate surface area is 143 Å². The van der Waals surface area contributed by atoms with Gasteiger partial charge in [-0.2, -0.15) is 0 Å². The molecule has 0 unspecified atom stereocenters. The van der Waals surface area contributed by atoms with Crippen molar-refractivity contribution in [2.45, 2.75) is 13.8 Å². The number of aryl methyl sites for hydroxylation is 2. The van der Waals surface area contributed by atoms with Crippen molar-refractivity contribution in [3.05, 3.63) is 72.2 Å². The maximum Gasteiger partial charge on any atom is 0.321 e. The molecule has 1 aromatic carbocycles. The normalized spacial score (nSPS) is 11.0. The van der Waals surface area contributed by atoms with Gasteiger partial charge in [-0.25, -0.2) is 19.3 Å². The molecule has 0 radical (unpaired) electrons. The number of ether oxygens (including phenoxy) is 1. The summed E-state index contributed by atoms with van der Waals surface area (Å²) in [4.78, 5) is 12.8. The van der Waals surface area contributed by atoms with Crippen LogP contribution < -0.4 is 4.74 Å². The maximum absolute atomic E-state index is 13.6. The predicted octanol–water partition coefficient (Wildman–Crippen LogP) is 4.34. The standard InChI is InChI=1S/C19H15FN4O/c1-12-13(2)24-11-14(7-8-18(24)23-12)15-9-21-19(22-10-15)25-17-6-4-3-5-16(17)20/h3-11H,1-2H3. The van der Waals surface area contributed by atoms with Crippen LogP contribution in [0.5, 0.6) is 11.8 Å². The minimum atomic E-state index is -0.452. The molecule has 124 valence electrons. The lowest BCUT2D eigenvalue weighted by molar-refractivity contribution is 0.411. The molecule has 0 spiro atoms. The van der Waals surface area contributed by atoms with Crippen LogP contribution in [0.1, 0.15) is 11.4 Å². The van der Waals surface area contributed by atoms with Gasteiger partial charge in [0, 0.05) is 35.4 Å². The number of aromatic nitrogens is 4. The summed E-state index contributed by atoms with van der Waals surface area (Å²) in [7, 11) is 0. The van der Waals surface area contributed by atoms with E-state index in [9.17, 15) is 4.39 Å². The molecule has 0 saturated heterocycles. The van der Waals surface area contributed by atoms with Gasteiger partial charge in [0.25, 0.3) is 0 Å². The Balaban J connectivity index is 1.64. The van der Waals surface area contributed by atoms with Crippen LogP contribution >= 0.6 is 0 Å². The van der Waals surface area contributed by atoms with E-state index in [0.29, 0.717) is 0 Å². The van der Waals surface area contributed by atoms with Crippen molar-refractivity contribution in [1.29, 1.82) is 0 Å². The Bertz CT molecular complexity index is 1060. The SMILES string of the molecule is Cc1nc2ccc(-c3cnc(Oc4ccccc4F)nc3)cn2c1C. The van der Waals surface area contributed by atoms with Crippen molar-refractivity contribution in [3.8, 4) is 22.9 Å². The van der Waals surface area contributed by atoms with Gasteiger partial charge in [-0.15, -0.1) is 0 Å². The number of imidazole rings is 1. The first-order valence-electron chi connectivity index (χ1n) is 7.82. The Kier molecular flexibility index (Phi) is 3.65. The van der Waals surface area contributed by atoms with Gasteiger partial charge in [-0.1, -0.05) is 12.1 Å². The molecule has 0 amide bonds. The lowest BCUT2D eigenvalue weighted by Crippen LogP contribution is -1.95. The van der Waals surface area contributed by atoms with E-state index < -0.39 is 5.82 Å². The molecule has 0 fully saturated rings. The molecule has 3 heterocycles. The molecule has 25 heavy (non-hydrogen) atoms. The first kappa shape index (κ1) is 15.3. The Morgan fingerprint density at radius 3 is 2.48 bits per heavy atom. The third kappa shape index (κ3) is 2.82. The van der Waals surface area contributed by atoms with E-state index in [4.69, 9.17) is 4.74 Å². The fourth-order valence-corrected chi connectivity index (χ4v) is 2.59. The molecular formula is C19H15FN4O. The number of hydrogen-bond acceptors (Lipinski definition) is 4. The second-order valence-corrected chi connectivity index (χ2v) is 5.72. The number of hydrogen-bond donors (Lipinski definition) is 0. The molecule has 0 saturated carbocycles. The average molecular weight is 334 g/mol. The van der Waals surface area contributed by atoms with E-state index in [1.807, 2.05) is 36.6 Å². The summed E-state index contributed by atoms with van der Waals surface area (Å²) in [6.45, 7) is 4.01. The van der Waals surface area contributed by atoms with Crippen molar-refractivity contribution < 1.29 is 9.13 Å². The number of pyridine rings is 1. The van der Waals surface area contributed by atoms with Crippen LogP contribution in [0, 0.1) is 19.7 Å². The lowest BCUT2D eigenvalue weighted by atomic mass is 10.1. The van der Waals surface area contributed by atoms with Crippen LogP contribution in [0.4, 0.5) is 4.39 Å². The van der Waals surface area contributed by atoms with Crippen LogP contribution in [0.25, 0.3) is 16.8 Å². The first-order chi connectivity index (χ1) is 12.1. The Morgan fingerprint density at radius 1 is 0.960 bits per heavy atom. The molecule has 0 bridgehead atoms. The van der Waals surface area contributed by atoms with Gasteiger partial charge in [0.1, 0.15) is 5.65 Å². The molecule has 0 N–H and O–H groups in total. The highest BCUT2D eigenvalue weighted by atomic mass is 19.1. The van der Waals surface area contributed by atoms with Crippen molar-refractivity contribution in [1.82, 2.24) is 19.4 Å². The van der Waals surface area contributed by atoms with Gasteiger partial charge in [0.15, 0.2) is 11.6 Å². The van der Waals surface area contributed by atoms with Crippen molar-refractivity contribution in [3.63, 3.8) is 0 Å². The smallest absolute Gasteiger partial charge is 0.321 e.